The number of sulfonamides is 1. The van der Waals surface area contributed by atoms with Gasteiger partial charge in [-0.3, -0.25) is 4.79 Å². The second-order valence-electron chi connectivity index (χ2n) is 6.62. The van der Waals surface area contributed by atoms with Gasteiger partial charge in [0.1, 0.15) is 5.75 Å². The highest BCUT2D eigenvalue weighted by molar-refractivity contribution is 7.89. The van der Waals surface area contributed by atoms with E-state index >= 15 is 0 Å². The quantitative estimate of drug-likeness (QED) is 0.706. The van der Waals surface area contributed by atoms with Crippen LogP contribution in [-0.2, 0) is 24.3 Å². The van der Waals surface area contributed by atoms with Crippen LogP contribution in [0.3, 0.4) is 0 Å². The van der Waals surface area contributed by atoms with Crippen LogP contribution in [0.5, 0.6) is 5.75 Å². The zero-order valence-corrected chi connectivity index (χ0v) is 16.3. The number of carbonyl (C=O) groups excluding carboxylic acids is 2. The van der Waals surface area contributed by atoms with Gasteiger partial charge >= 0.3 is 5.97 Å². The van der Waals surface area contributed by atoms with Crippen LogP contribution in [0.15, 0.2) is 24.3 Å². The van der Waals surface area contributed by atoms with E-state index in [0.717, 1.165) is 0 Å². The summed E-state index contributed by atoms with van der Waals surface area (Å²) in [5, 5.41) is 0. The Labute approximate surface area is 159 Å². The van der Waals surface area contributed by atoms with Crippen molar-refractivity contribution in [1.82, 2.24) is 4.31 Å². The topological polar surface area (TPSA) is 93.2 Å². The van der Waals surface area contributed by atoms with Crippen LogP contribution in [-0.4, -0.2) is 63.2 Å². The van der Waals surface area contributed by atoms with Crippen LogP contribution in [0.2, 0.25) is 0 Å². The summed E-state index contributed by atoms with van der Waals surface area (Å²) < 4.78 is 35.9. The smallest absolute Gasteiger partial charge is 0.348 e. The van der Waals surface area contributed by atoms with Gasteiger partial charge in [0.25, 0.3) is 0 Å². The molecule has 0 saturated carbocycles. The molecule has 9 heteroatoms. The molecule has 0 radical (unpaired) electrons. The highest BCUT2D eigenvalue weighted by atomic mass is 32.2. The maximum absolute atomic E-state index is 13.1. The fourth-order valence-electron chi connectivity index (χ4n) is 3.48. The summed E-state index contributed by atoms with van der Waals surface area (Å²) in [5.74, 6) is -0.431. The zero-order valence-electron chi connectivity index (χ0n) is 15.5. The predicted octanol–water partition coefficient (Wildman–Crippen LogP) is 1.02. The van der Waals surface area contributed by atoms with E-state index in [1.165, 1.54) is 11.4 Å². The van der Waals surface area contributed by atoms with Crippen LogP contribution in [0.4, 0.5) is 5.69 Å². The number of nitrogens with zero attached hydrogens (tertiary/aromatic N) is 2. The molecule has 27 heavy (non-hydrogen) atoms. The van der Waals surface area contributed by atoms with Gasteiger partial charge in [-0.25, -0.2) is 17.5 Å². The Morgan fingerprint density at radius 2 is 1.89 bits per heavy atom. The van der Waals surface area contributed by atoms with E-state index in [0.29, 0.717) is 37.4 Å². The van der Waals surface area contributed by atoms with Crippen molar-refractivity contribution in [1.29, 1.82) is 0 Å². The minimum Gasteiger partial charge on any atom is -0.475 e. The Morgan fingerprint density at radius 3 is 2.52 bits per heavy atom. The molecule has 2 heterocycles. The summed E-state index contributed by atoms with van der Waals surface area (Å²) in [6.07, 6.45) is 0.0374. The van der Waals surface area contributed by atoms with E-state index < -0.39 is 22.1 Å². The highest BCUT2D eigenvalue weighted by Crippen LogP contribution is 2.35. The van der Waals surface area contributed by atoms with Gasteiger partial charge in [-0.2, -0.15) is 0 Å². The first-order valence-electron chi connectivity index (χ1n) is 9.00. The lowest BCUT2D eigenvalue weighted by molar-refractivity contribution is -0.148. The fraction of sp³-hybridized carbons (Fsp3) is 0.556. The van der Waals surface area contributed by atoms with Gasteiger partial charge in [0.15, 0.2) is 0 Å². The third kappa shape index (κ3) is 3.93. The molecule has 1 fully saturated rings. The second kappa shape index (κ2) is 7.85. The number of fused-ring (bicyclic) bond motifs is 1. The number of para-hydroxylation sites is 2. The van der Waals surface area contributed by atoms with Crippen LogP contribution >= 0.6 is 0 Å². The number of benzene rings is 1. The molecular formula is C18H24N2O6S. The minimum absolute atomic E-state index is 0.0588. The summed E-state index contributed by atoms with van der Waals surface area (Å²) in [5.41, 5.74) is 0.617. The lowest BCUT2D eigenvalue weighted by Gasteiger charge is -2.37. The number of amides is 1. The monoisotopic (exact) mass is 396 g/mol. The maximum atomic E-state index is 13.1. The van der Waals surface area contributed by atoms with E-state index in [1.54, 1.807) is 36.1 Å². The van der Waals surface area contributed by atoms with Crippen molar-refractivity contribution >= 4 is 27.6 Å². The van der Waals surface area contributed by atoms with Crippen molar-refractivity contribution < 1.29 is 27.5 Å². The van der Waals surface area contributed by atoms with Gasteiger partial charge in [-0.15, -0.1) is 0 Å². The molecule has 0 bridgehead atoms. The lowest BCUT2D eigenvalue weighted by Crippen LogP contribution is -2.51. The molecule has 0 aliphatic carbocycles. The van der Waals surface area contributed by atoms with Gasteiger partial charge in [-0.05, 0) is 31.9 Å². The molecule has 1 aromatic carbocycles. The molecule has 2 aliphatic heterocycles. The Kier molecular flexibility index (Phi) is 5.71. The van der Waals surface area contributed by atoms with Crippen molar-refractivity contribution in [3.63, 3.8) is 0 Å². The average molecular weight is 396 g/mol. The van der Waals surface area contributed by atoms with Crippen molar-refractivity contribution in [3.05, 3.63) is 24.3 Å². The van der Waals surface area contributed by atoms with Crippen LogP contribution in [0, 0.1) is 5.92 Å². The molecule has 1 atom stereocenters. The summed E-state index contributed by atoms with van der Waals surface area (Å²) in [6.45, 7) is 2.36. The van der Waals surface area contributed by atoms with Gasteiger partial charge in [0.05, 0.1) is 25.1 Å². The number of ether oxygens (including phenoxy) is 2. The van der Waals surface area contributed by atoms with Crippen LogP contribution in [0.25, 0.3) is 0 Å². The van der Waals surface area contributed by atoms with Gasteiger partial charge < -0.3 is 14.4 Å². The Bertz CT molecular complexity index is 817. The number of methoxy groups -OCH3 is 1. The summed E-state index contributed by atoms with van der Waals surface area (Å²) >= 11 is 0. The molecule has 1 saturated heterocycles. The first kappa shape index (κ1) is 19.6. The molecule has 3 rings (SSSR count). The van der Waals surface area contributed by atoms with Gasteiger partial charge in [-0.1, -0.05) is 12.1 Å². The standard InChI is InChI=1S/C18H24N2O6S/c1-3-27(23,24)19-10-8-13(9-11-19)17(21)20-12-16(18(22)25-2)26-15-7-5-4-6-14(15)20/h4-7,13,16H,3,8-12H2,1-2H3/t16-/m0/s1. The number of hydrogen-bond acceptors (Lipinski definition) is 6. The molecule has 2 aliphatic rings. The van der Waals surface area contributed by atoms with Crippen molar-refractivity contribution in [2.75, 3.05) is 37.4 Å². The molecule has 0 unspecified atom stereocenters. The summed E-state index contributed by atoms with van der Waals surface area (Å²) in [7, 11) is -1.96. The number of rotatable bonds is 4. The normalized spacial score (nSPS) is 21.3. The van der Waals surface area contributed by atoms with Crippen molar-refractivity contribution in [2.24, 2.45) is 5.92 Å². The van der Waals surface area contributed by atoms with E-state index in [2.05, 4.69) is 0 Å². The third-order valence-corrected chi connectivity index (χ3v) is 6.95. The molecule has 148 valence electrons. The first-order valence-corrected chi connectivity index (χ1v) is 10.6. The van der Waals surface area contributed by atoms with E-state index in [9.17, 15) is 18.0 Å². The van der Waals surface area contributed by atoms with E-state index in [-0.39, 0.29) is 24.1 Å². The zero-order chi connectivity index (χ0) is 19.6. The van der Waals surface area contributed by atoms with E-state index in [4.69, 9.17) is 9.47 Å². The lowest BCUT2D eigenvalue weighted by atomic mass is 9.95. The summed E-state index contributed by atoms with van der Waals surface area (Å²) in [4.78, 5) is 26.7. The SMILES string of the molecule is CCS(=O)(=O)N1CCC(C(=O)N2C[C@@H](C(=O)OC)Oc3ccccc32)CC1. The van der Waals surface area contributed by atoms with Crippen LogP contribution < -0.4 is 9.64 Å². The molecule has 1 aromatic rings. The van der Waals surface area contributed by atoms with Crippen molar-refractivity contribution in [2.45, 2.75) is 25.9 Å². The van der Waals surface area contributed by atoms with Gasteiger partial charge in [0, 0.05) is 19.0 Å². The van der Waals surface area contributed by atoms with Crippen LogP contribution in [0.1, 0.15) is 19.8 Å². The fourth-order valence-corrected chi connectivity index (χ4v) is 4.61. The predicted molar refractivity (Wildman–Crippen MR) is 99.0 cm³/mol. The molecule has 0 aromatic heterocycles. The van der Waals surface area contributed by atoms with Crippen molar-refractivity contribution in [3.8, 4) is 5.75 Å². The Morgan fingerprint density at radius 1 is 1.22 bits per heavy atom. The number of carbonyl (C=O) groups is 2. The number of anilines is 1. The average Bonchev–Trinajstić information content (AvgIpc) is 2.71. The minimum atomic E-state index is -3.24. The van der Waals surface area contributed by atoms with Gasteiger partial charge in [0.2, 0.25) is 22.0 Å². The Hall–Kier alpha value is -2.13. The second-order valence-corrected chi connectivity index (χ2v) is 8.88. The molecule has 0 spiro atoms. The largest absolute Gasteiger partial charge is 0.475 e. The molecule has 1 amide bonds. The molecule has 8 nitrogen and oxygen atoms in total. The number of piperidine rings is 1. The first-order chi connectivity index (χ1) is 12.9. The summed E-state index contributed by atoms with van der Waals surface area (Å²) in [6, 6.07) is 7.06. The Balaban J connectivity index is 1.77. The molecular weight excluding hydrogens is 372 g/mol. The highest BCUT2D eigenvalue weighted by Gasteiger charge is 2.38. The van der Waals surface area contributed by atoms with E-state index in [1.807, 2.05) is 0 Å². The number of esters is 1. The third-order valence-electron chi connectivity index (χ3n) is 5.07. The maximum Gasteiger partial charge on any atom is 0.348 e. The number of hydrogen-bond donors (Lipinski definition) is 0. The molecule has 0 N–H and O–H groups in total.